The van der Waals surface area contributed by atoms with Crippen LogP contribution in [0.1, 0.15) is 54.4 Å². The summed E-state index contributed by atoms with van der Waals surface area (Å²) in [4.78, 5) is 37.9. The van der Waals surface area contributed by atoms with Gasteiger partial charge in [-0.05, 0) is 49.4 Å². The van der Waals surface area contributed by atoms with Crippen LogP contribution in [0.3, 0.4) is 0 Å². The van der Waals surface area contributed by atoms with Crippen LogP contribution in [0, 0.1) is 0 Å². The average molecular weight is 401 g/mol. The van der Waals surface area contributed by atoms with E-state index in [2.05, 4.69) is 10.6 Å². The molecule has 1 aromatic rings. The second-order valence-electron chi connectivity index (χ2n) is 7.94. The molecule has 3 aliphatic rings. The van der Waals surface area contributed by atoms with Crippen LogP contribution >= 0.6 is 0 Å². The Morgan fingerprint density at radius 1 is 1.17 bits per heavy atom. The summed E-state index contributed by atoms with van der Waals surface area (Å²) in [6, 6.07) is 5.05. The summed E-state index contributed by atoms with van der Waals surface area (Å²) < 4.78 is 6.24. The number of amides is 3. The van der Waals surface area contributed by atoms with Gasteiger partial charge in [0, 0.05) is 31.1 Å². The molecule has 1 saturated carbocycles. The summed E-state index contributed by atoms with van der Waals surface area (Å²) in [5.74, 6) is -0.160. The fourth-order valence-corrected chi connectivity index (χ4v) is 4.52. The van der Waals surface area contributed by atoms with Gasteiger partial charge in [-0.25, -0.2) is 0 Å². The molecule has 156 valence electrons. The van der Waals surface area contributed by atoms with E-state index in [0.29, 0.717) is 30.8 Å². The van der Waals surface area contributed by atoms with E-state index in [1.807, 2.05) is 12.1 Å². The molecule has 0 aromatic heterocycles. The van der Waals surface area contributed by atoms with Crippen molar-refractivity contribution in [3.63, 3.8) is 0 Å². The SMILES string of the molecule is O=C1CCC(N2Cc3cc(OC4CCCCC4NCCO)ccc3C2=O)C(=O)N1. The van der Waals surface area contributed by atoms with Crippen LogP contribution in [0.4, 0.5) is 0 Å². The van der Waals surface area contributed by atoms with E-state index in [1.165, 1.54) is 0 Å². The van der Waals surface area contributed by atoms with Gasteiger partial charge < -0.3 is 20.1 Å². The predicted octanol–water partition coefficient (Wildman–Crippen LogP) is 0.720. The minimum absolute atomic E-state index is 0.0247. The Hall–Kier alpha value is -2.45. The Balaban J connectivity index is 1.46. The number of nitrogens with zero attached hydrogens (tertiary/aromatic N) is 1. The maximum absolute atomic E-state index is 12.8. The number of fused-ring (bicyclic) bond motifs is 1. The van der Waals surface area contributed by atoms with Gasteiger partial charge in [-0.3, -0.25) is 19.7 Å². The lowest BCUT2D eigenvalue weighted by atomic mass is 9.92. The van der Waals surface area contributed by atoms with Crippen molar-refractivity contribution in [3.8, 4) is 5.75 Å². The number of hydrogen-bond donors (Lipinski definition) is 3. The number of ether oxygens (including phenoxy) is 1. The topological polar surface area (TPSA) is 108 Å². The molecule has 1 aromatic carbocycles. The van der Waals surface area contributed by atoms with Gasteiger partial charge >= 0.3 is 0 Å². The monoisotopic (exact) mass is 401 g/mol. The number of benzene rings is 1. The van der Waals surface area contributed by atoms with Gasteiger partial charge in [-0.2, -0.15) is 0 Å². The van der Waals surface area contributed by atoms with Crippen LogP contribution in [0.15, 0.2) is 18.2 Å². The zero-order valence-electron chi connectivity index (χ0n) is 16.4. The first-order chi connectivity index (χ1) is 14.1. The smallest absolute Gasteiger partial charge is 0.255 e. The number of carbonyl (C=O) groups is 3. The highest BCUT2D eigenvalue weighted by Gasteiger charge is 2.39. The summed E-state index contributed by atoms with van der Waals surface area (Å²) in [7, 11) is 0. The molecule has 0 spiro atoms. The summed E-state index contributed by atoms with van der Waals surface area (Å²) in [6.45, 7) is 0.985. The second kappa shape index (κ2) is 8.51. The molecule has 1 saturated heterocycles. The zero-order chi connectivity index (χ0) is 20.4. The number of imide groups is 1. The lowest BCUT2D eigenvalue weighted by Gasteiger charge is -2.32. The molecule has 29 heavy (non-hydrogen) atoms. The summed E-state index contributed by atoms with van der Waals surface area (Å²) >= 11 is 0. The average Bonchev–Trinajstić information content (AvgIpc) is 3.03. The van der Waals surface area contributed by atoms with Crippen molar-refractivity contribution < 1.29 is 24.2 Å². The Morgan fingerprint density at radius 3 is 2.79 bits per heavy atom. The Morgan fingerprint density at radius 2 is 2.00 bits per heavy atom. The third-order valence-corrected chi connectivity index (χ3v) is 6.00. The maximum Gasteiger partial charge on any atom is 0.255 e. The third kappa shape index (κ3) is 4.13. The van der Waals surface area contributed by atoms with Crippen LogP contribution in [0.2, 0.25) is 0 Å². The van der Waals surface area contributed by atoms with Gasteiger partial charge in [0.1, 0.15) is 17.9 Å². The van der Waals surface area contributed by atoms with Crippen molar-refractivity contribution in [1.29, 1.82) is 0 Å². The van der Waals surface area contributed by atoms with Crippen LogP contribution in [0.5, 0.6) is 5.75 Å². The molecular formula is C21H27N3O5. The minimum atomic E-state index is -0.609. The number of carbonyl (C=O) groups excluding carboxylic acids is 3. The van der Waals surface area contributed by atoms with Crippen LogP contribution in [-0.4, -0.2) is 59.1 Å². The molecule has 3 unspecified atom stereocenters. The van der Waals surface area contributed by atoms with E-state index in [1.54, 1.807) is 11.0 Å². The summed E-state index contributed by atoms with van der Waals surface area (Å²) in [5.41, 5.74) is 1.42. The van der Waals surface area contributed by atoms with Crippen molar-refractivity contribution in [2.45, 2.75) is 63.3 Å². The third-order valence-electron chi connectivity index (χ3n) is 6.00. The second-order valence-corrected chi connectivity index (χ2v) is 7.94. The van der Waals surface area contributed by atoms with E-state index in [4.69, 9.17) is 9.84 Å². The van der Waals surface area contributed by atoms with Crippen LogP contribution < -0.4 is 15.4 Å². The van der Waals surface area contributed by atoms with E-state index in [0.717, 1.165) is 31.2 Å². The fourth-order valence-electron chi connectivity index (χ4n) is 4.52. The molecule has 4 rings (SSSR count). The van der Waals surface area contributed by atoms with E-state index < -0.39 is 11.9 Å². The maximum atomic E-state index is 12.8. The van der Waals surface area contributed by atoms with Gasteiger partial charge in [0.2, 0.25) is 11.8 Å². The molecular weight excluding hydrogens is 374 g/mol. The molecule has 0 bridgehead atoms. The molecule has 3 atom stereocenters. The van der Waals surface area contributed by atoms with Gasteiger partial charge in [0.05, 0.1) is 6.61 Å². The number of aliphatic hydroxyl groups is 1. The molecule has 3 amide bonds. The molecule has 2 fully saturated rings. The van der Waals surface area contributed by atoms with Gasteiger partial charge in [-0.1, -0.05) is 6.42 Å². The van der Waals surface area contributed by atoms with Gasteiger partial charge in [-0.15, -0.1) is 0 Å². The largest absolute Gasteiger partial charge is 0.489 e. The normalized spacial score (nSPS) is 27.0. The highest BCUT2D eigenvalue weighted by atomic mass is 16.5. The molecule has 2 heterocycles. The zero-order valence-corrected chi connectivity index (χ0v) is 16.4. The Labute approximate surface area is 169 Å². The number of rotatable bonds is 6. The van der Waals surface area contributed by atoms with Crippen molar-refractivity contribution in [1.82, 2.24) is 15.5 Å². The number of piperidine rings is 1. The Bertz CT molecular complexity index is 812. The molecule has 8 heteroatoms. The van der Waals surface area contributed by atoms with E-state index >= 15 is 0 Å². The number of hydrogen-bond acceptors (Lipinski definition) is 6. The first-order valence-corrected chi connectivity index (χ1v) is 10.4. The first kappa shape index (κ1) is 19.8. The number of aliphatic hydroxyl groups excluding tert-OH is 1. The van der Waals surface area contributed by atoms with Gasteiger partial charge in [0.15, 0.2) is 0 Å². The van der Waals surface area contributed by atoms with Crippen LogP contribution in [-0.2, 0) is 16.1 Å². The fraction of sp³-hybridized carbons (Fsp3) is 0.571. The highest BCUT2D eigenvalue weighted by Crippen LogP contribution is 2.31. The lowest BCUT2D eigenvalue weighted by molar-refractivity contribution is -0.136. The Kier molecular flexibility index (Phi) is 5.82. The van der Waals surface area contributed by atoms with E-state index in [9.17, 15) is 14.4 Å². The van der Waals surface area contributed by atoms with Crippen molar-refractivity contribution in [3.05, 3.63) is 29.3 Å². The molecule has 1 aliphatic carbocycles. The first-order valence-electron chi connectivity index (χ1n) is 10.4. The summed E-state index contributed by atoms with van der Waals surface area (Å²) in [6.07, 6.45) is 4.83. The highest BCUT2D eigenvalue weighted by molar-refractivity contribution is 6.05. The quantitative estimate of drug-likeness (QED) is 0.607. The standard InChI is InChI=1S/C21H27N3O5/c25-10-9-22-16-3-1-2-4-18(16)29-14-5-6-15-13(11-14)12-24(21(15)28)17-7-8-19(26)23-20(17)27/h5-6,11,16-18,22,25H,1-4,7-10,12H2,(H,23,26,27). The molecule has 2 aliphatic heterocycles. The van der Waals surface area contributed by atoms with E-state index in [-0.39, 0.29) is 37.0 Å². The van der Waals surface area contributed by atoms with Gasteiger partial charge in [0.25, 0.3) is 5.91 Å². The van der Waals surface area contributed by atoms with Crippen LogP contribution in [0.25, 0.3) is 0 Å². The predicted molar refractivity (Wildman–Crippen MR) is 104 cm³/mol. The molecule has 3 N–H and O–H groups in total. The van der Waals surface area contributed by atoms with Crippen molar-refractivity contribution >= 4 is 17.7 Å². The molecule has 0 radical (unpaired) electrons. The van der Waals surface area contributed by atoms with Crippen molar-refractivity contribution in [2.75, 3.05) is 13.2 Å². The summed E-state index contributed by atoms with van der Waals surface area (Å²) in [5, 5.41) is 14.8. The lowest BCUT2D eigenvalue weighted by Crippen LogP contribution is -2.52. The minimum Gasteiger partial charge on any atom is -0.489 e. The molecule has 8 nitrogen and oxygen atoms in total. The van der Waals surface area contributed by atoms with Crippen molar-refractivity contribution in [2.24, 2.45) is 0 Å². The number of nitrogens with one attached hydrogen (secondary N) is 2.